The van der Waals surface area contributed by atoms with Crippen molar-refractivity contribution in [2.45, 2.75) is 0 Å². The molecule has 0 aromatic carbocycles. The van der Waals surface area contributed by atoms with Gasteiger partial charge in [0.15, 0.2) is 0 Å². The molecule has 0 saturated heterocycles. The van der Waals surface area contributed by atoms with Gasteiger partial charge in [-0.05, 0) is 6.07 Å². The van der Waals surface area contributed by atoms with Crippen LogP contribution in [0.1, 0.15) is 5.56 Å². The predicted molar refractivity (Wildman–Crippen MR) is 44.0 cm³/mol. The van der Waals surface area contributed by atoms with Crippen molar-refractivity contribution in [1.29, 1.82) is 0 Å². The van der Waals surface area contributed by atoms with E-state index in [-0.39, 0.29) is 0 Å². The minimum Gasteiger partial charge on any atom is -0.360 e. The molecule has 0 radical (unpaired) electrons. The molecule has 2 nitrogen and oxygen atoms in total. The number of nitrogens with zero attached hydrogens (tertiary/aromatic N) is 1. The molecule has 12 heavy (non-hydrogen) atoms. The summed E-state index contributed by atoms with van der Waals surface area (Å²) in [6.45, 7) is 0. The molecule has 0 fully saturated rings. The number of rotatable bonds is 0. The standard InChI is InChI=1S/C9H5FN2/c1-2-6-5-12-9(10)7-3-4-11-8(6)7/h1,3-5,11H. The van der Waals surface area contributed by atoms with Gasteiger partial charge in [0.25, 0.3) is 0 Å². The highest BCUT2D eigenvalue weighted by Crippen LogP contribution is 2.17. The molecule has 0 atom stereocenters. The smallest absolute Gasteiger partial charge is 0.222 e. The van der Waals surface area contributed by atoms with E-state index in [2.05, 4.69) is 15.9 Å². The van der Waals surface area contributed by atoms with E-state index in [4.69, 9.17) is 6.42 Å². The van der Waals surface area contributed by atoms with Crippen LogP contribution in [-0.4, -0.2) is 9.97 Å². The first-order chi connectivity index (χ1) is 5.83. The minimum absolute atomic E-state index is 0.436. The predicted octanol–water partition coefficient (Wildman–Crippen LogP) is 1.68. The van der Waals surface area contributed by atoms with Crippen molar-refractivity contribution in [2.75, 3.05) is 0 Å². The number of hydrogen-bond acceptors (Lipinski definition) is 1. The van der Waals surface area contributed by atoms with E-state index >= 15 is 0 Å². The van der Waals surface area contributed by atoms with E-state index in [9.17, 15) is 4.39 Å². The molecular weight excluding hydrogens is 155 g/mol. The first-order valence-electron chi connectivity index (χ1n) is 3.41. The third-order valence-electron chi connectivity index (χ3n) is 1.70. The molecule has 0 aliphatic carbocycles. The first-order valence-corrected chi connectivity index (χ1v) is 3.41. The van der Waals surface area contributed by atoms with Gasteiger partial charge in [-0.2, -0.15) is 4.39 Å². The molecule has 2 rings (SSSR count). The Morgan fingerprint density at radius 1 is 1.58 bits per heavy atom. The molecular formula is C9H5FN2. The van der Waals surface area contributed by atoms with Crippen LogP contribution in [0.4, 0.5) is 4.39 Å². The zero-order valence-electron chi connectivity index (χ0n) is 6.13. The second-order valence-electron chi connectivity index (χ2n) is 2.37. The van der Waals surface area contributed by atoms with Crippen LogP contribution >= 0.6 is 0 Å². The van der Waals surface area contributed by atoms with Crippen molar-refractivity contribution in [3.63, 3.8) is 0 Å². The summed E-state index contributed by atoms with van der Waals surface area (Å²) in [4.78, 5) is 6.38. The molecule has 0 amide bonds. The largest absolute Gasteiger partial charge is 0.360 e. The molecule has 0 unspecified atom stereocenters. The van der Waals surface area contributed by atoms with Crippen molar-refractivity contribution < 1.29 is 4.39 Å². The summed E-state index contributed by atoms with van der Waals surface area (Å²) in [5.41, 5.74) is 1.21. The Morgan fingerprint density at radius 2 is 2.42 bits per heavy atom. The molecule has 0 spiro atoms. The number of hydrogen-bond donors (Lipinski definition) is 1. The quantitative estimate of drug-likeness (QED) is 0.461. The number of fused-ring (bicyclic) bond motifs is 1. The highest BCUT2D eigenvalue weighted by molar-refractivity contribution is 5.84. The highest BCUT2D eigenvalue weighted by atomic mass is 19.1. The molecule has 0 aliphatic rings. The van der Waals surface area contributed by atoms with Gasteiger partial charge in [-0.15, -0.1) is 6.42 Å². The number of terminal acetylenes is 1. The Morgan fingerprint density at radius 3 is 3.17 bits per heavy atom. The minimum atomic E-state index is -0.495. The Balaban J connectivity index is 2.94. The van der Waals surface area contributed by atoms with E-state index in [0.717, 1.165) is 0 Å². The summed E-state index contributed by atoms with van der Waals surface area (Å²) < 4.78 is 12.9. The van der Waals surface area contributed by atoms with Gasteiger partial charge in [-0.3, -0.25) is 0 Å². The van der Waals surface area contributed by atoms with Gasteiger partial charge in [0.1, 0.15) is 0 Å². The number of pyridine rings is 1. The molecule has 2 heterocycles. The van der Waals surface area contributed by atoms with E-state index in [1.165, 1.54) is 6.20 Å². The van der Waals surface area contributed by atoms with Crippen LogP contribution in [0, 0.1) is 18.3 Å². The lowest BCUT2D eigenvalue weighted by Crippen LogP contribution is -1.86. The molecule has 0 saturated carbocycles. The number of aromatic nitrogens is 2. The van der Waals surface area contributed by atoms with Gasteiger partial charge in [-0.1, -0.05) is 5.92 Å². The lowest BCUT2D eigenvalue weighted by atomic mass is 10.2. The van der Waals surface area contributed by atoms with E-state index < -0.39 is 5.95 Å². The number of halogens is 1. The average molecular weight is 160 g/mol. The van der Waals surface area contributed by atoms with Crippen LogP contribution in [0.3, 0.4) is 0 Å². The van der Waals surface area contributed by atoms with Gasteiger partial charge >= 0.3 is 0 Å². The SMILES string of the molecule is C#Cc1cnc(F)c2cc[nH]c12. The maximum Gasteiger partial charge on any atom is 0.222 e. The highest BCUT2D eigenvalue weighted by Gasteiger charge is 2.05. The van der Waals surface area contributed by atoms with Crippen molar-refractivity contribution in [3.8, 4) is 12.3 Å². The molecule has 0 aliphatic heterocycles. The second-order valence-corrected chi connectivity index (χ2v) is 2.37. The maximum atomic E-state index is 12.9. The summed E-state index contributed by atoms with van der Waals surface area (Å²) >= 11 is 0. The summed E-state index contributed by atoms with van der Waals surface area (Å²) in [6.07, 6.45) is 8.17. The van der Waals surface area contributed by atoms with Crippen LogP contribution in [0.15, 0.2) is 18.5 Å². The van der Waals surface area contributed by atoms with Crippen LogP contribution in [-0.2, 0) is 0 Å². The van der Waals surface area contributed by atoms with Gasteiger partial charge < -0.3 is 4.98 Å². The Bertz CT molecular complexity index is 465. The van der Waals surface area contributed by atoms with Gasteiger partial charge in [0.05, 0.1) is 16.5 Å². The summed E-state index contributed by atoms with van der Waals surface area (Å²) in [7, 11) is 0. The maximum absolute atomic E-state index is 12.9. The van der Waals surface area contributed by atoms with Crippen molar-refractivity contribution >= 4 is 10.9 Å². The number of nitrogens with one attached hydrogen (secondary N) is 1. The monoisotopic (exact) mass is 160 g/mol. The molecule has 0 bridgehead atoms. The van der Waals surface area contributed by atoms with Gasteiger partial charge in [-0.25, -0.2) is 4.98 Å². The van der Waals surface area contributed by atoms with Crippen LogP contribution in [0.2, 0.25) is 0 Å². The topological polar surface area (TPSA) is 28.7 Å². The molecule has 1 N–H and O–H groups in total. The Hall–Kier alpha value is -1.82. The average Bonchev–Trinajstić information content (AvgIpc) is 2.54. The summed E-state index contributed by atoms with van der Waals surface area (Å²) in [5.74, 6) is 1.93. The molecule has 58 valence electrons. The summed E-state index contributed by atoms with van der Waals surface area (Å²) in [6, 6.07) is 1.61. The van der Waals surface area contributed by atoms with Crippen molar-refractivity contribution in [1.82, 2.24) is 9.97 Å². The fraction of sp³-hybridized carbons (Fsp3) is 0. The van der Waals surface area contributed by atoms with Crippen LogP contribution < -0.4 is 0 Å². The van der Waals surface area contributed by atoms with E-state index in [1.807, 2.05) is 0 Å². The number of H-pyrrole nitrogens is 1. The third kappa shape index (κ3) is 0.785. The van der Waals surface area contributed by atoms with Gasteiger partial charge in [0.2, 0.25) is 5.95 Å². The normalized spacial score (nSPS) is 10.0. The lowest BCUT2D eigenvalue weighted by molar-refractivity contribution is 0.596. The van der Waals surface area contributed by atoms with E-state index in [1.54, 1.807) is 12.3 Å². The third-order valence-corrected chi connectivity index (χ3v) is 1.70. The zero-order valence-corrected chi connectivity index (χ0v) is 6.13. The Kier molecular flexibility index (Phi) is 1.34. The fourth-order valence-corrected chi connectivity index (χ4v) is 1.13. The van der Waals surface area contributed by atoms with Crippen LogP contribution in [0.5, 0.6) is 0 Å². The van der Waals surface area contributed by atoms with E-state index in [0.29, 0.717) is 16.5 Å². The second kappa shape index (κ2) is 2.35. The van der Waals surface area contributed by atoms with Gasteiger partial charge in [0, 0.05) is 12.4 Å². The lowest BCUT2D eigenvalue weighted by Gasteiger charge is -1.94. The first kappa shape index (κ1) is 6.86. The summed E-state index contributed by atoms with van der Waals surface area (Å²) in [5, 5.41) is 0.436. The fourth-order valence-electron chi connectivity index (χ4n) is 1.13. The molecule has 2 aromatic heterocycles. The number of aromatic amines is 1. The van der Waals surface area contributed by atoms with Crippen LogP contribution in [0.25, 0.3) is 10.9 Å². The molecule has 2 aromatic rings. The zero-order chi connectivity index (χ0) is 8.55. The van der Waals surface area contributed by atoms with Crippen molar-refractivity contribution in [3.05, 3.63) is 30.0 Å². The Labute approximate surface area is 68.4 Å². The molecule has 3 heteroatoms. The van der Waals surface area contributed by atoms with Crippen molar-refractivity contribution in [2.24, 2.45) is 0 Å².